The summed E-state index contributed by atoms with van der Waals surface area (Å²) in [4.78, 5) is 27.6. The minimum absolute atomic E-state index is 0.0658. The second-order valence-electron chi connectivity index (χ2n) is 9.25. The first kappa shape index (κ1) is 24.3. The molecule has 8 nitrogen and oxygen atoms in total. The van der Waals surface area contributed by atoms with E-state index in [0.29, 0.717) is 17.7 Å². The quantitative estimate of drug-likeness (QED) is 0.372. The van der Waals surface area contributed by atoms with Crippen LogP contribution in [0.5, 0.6) is 0 Å². The van der Waals surface area contributed by atoms with Gasteiger partial charge in [0.05, 0.1) is 0 Å². The standard InChI is InChI=1S/C24H30N4O4Si/c1-27(2)23(29)20-15-18(11-12-19(20)17-9-7-6-8-10-17)21-22(24(30)31)26-28(25-21)16-32-13-14-33(3,4)5/h6-12,15H,13-14,16H2,1-5H3,(H,30,31). The Morgan fingerprint density at radius 2 is 1.73 bits per heavy atom. The number of nitrogens with zero attached hydrogens (tertiary/aromatic N) is 4. The SMILES string of the molecule is CN(C)C(=O)c1cc(-c2nn(COCC[Si](C)(C)C)nc2C(=O)O)ccc1-c1ccccc1. The van der Waals surface area contributed by atoms with Crippen molar-refractivity contribution >= 4 is 20.0 Å². The summed E-state index contributed by atoms with van der Waals surface area (Å²) < 4.78 is 5.67. The summed E-state index contributed by atoms with van der Waals surface area (Å²) >= 11 is 0. The number of hydrogen-bond acceptors (Lipinski definition) is 5. The zero-order valence-electron chi connectivity index (χ0n) is 19.7. The number of amides is 1. The maximum atomic E-state index is 13.0. The molecule has 9 heteroatoms. The van der Waals surface area contributed by atoms with E-state index in [9.17, 15) is 14.7 Å². The second-order valence-corrected chi connectivity index (χ2v) is 14.9. The van der Waals surface area contributed by atoms with Crippen molar-refractivity contribution in [2.45, 2.75) is 32.4 Å². The van der Waals surface area contributed by atoms with Crippen molar-refractivity contribution in [2.24, 2.45) is 0 Å². The van der Waals surface area contributed by atoms with Crippen LogP contribution in [0.1, 0.15) is 20.8 Å². The van der Waals surface area contributed by atoms with Crippen LogP contribution in [-0.2, 0) is 11.5 Å². The molecule has 0 saturated heterocycles. The van der Waals surface area contributed by atoms with Crippen LogP contribution in [0, 0.1) is 0 Å². The topological polar surface area (TPSA) is 97.5 Å². The molecule has 0 atom stereocenters. The van der Waals surface area contributed by atoms with Crippen molar-refractivity contribution in [1.29, 1.82) is 0 Å². The number of carbonyl (C=O) groups is 2. The van der Waals surface area contributed by atoms with Gasteiger partial charge in [-0.05, 0) is 23.2 Å². The Labute approximate surface area is 194 Å². The van der Waals surface area contributed by atoms with Crippen LogP contribution >= 0.6 is 0 Å². The molecule has 1 heterocycles. The van der Waals surface area contributed by atoms with E-state index in [-0.39, 0.29) is 24.0 Å². The first-order valence-electron chi connectivity index (χ1n) is 10.7. The number of carboxylic acids is 1. The maximum Gasteiger partial charge on any atom is 0.358 e. The first-order chi connectivity index (χ1) is 15.6. The lowest BCUT2D eigenvalue weighted by Gasteiger charge is -2.15. The van der Waals surface area contributed by atoms with Crippen LogP contribution in [0.4, 0.5) is 0 Å². The van der Waals surface area contributed by atoms with Crippen molar-refractivity contribution in [1.82, 2.24) is 19.9 Å². The highest BCUT2D eigenvalue weighted by Crippen LogP contribution is 2.30. The fraction of sp³-hybridized carbons (Fsp3) is 0.333. The molecule has 3 aromatic rings. The third-order valence-corrected chi connectivity index (χ3v) is 6.78. The lowest BCUT2D eigenvalue weighted by atomic mass is 9.95. The van der Waals surface area contributed by atoms with Gasteiger partial charge in [-0.1, -0.05) is 62.1 Å². The minimum atomic E-state index is -1.24. The molecule has 0 radical (unpaired) electrons. The van der Waals surface area contributed by atoms with Gasteiger partial charge in [0, 0.05) is 39.9 Å². The van der Waals surface area contributed by atoms with Gasteiger partial charge in [0.25, 0.3) is 5.91 Å². The molecule has 0 bridgehead atoms. The zero-order chi connectivity index (χ0) is 24.2. The van der Waals surface area contributed by atoms with Crippen LogP contribution in [0.2, 0.25) is 25.7 Å². The van der Waals surface area contributed by atoms with Gasteiger partial charge in [0.2, 0.25) is 0 Å². The highest BCUT2D eigenvalue weighted by molar-refractivity contribution is 6.76. The van der Waals surface area contributed by atoms with Gasteiger partial charge >= 0.3 is 5.97 Å². The van der Waals surface area contributed by atoms with Crippen molar-refractivity contribution in [3.8, 4) is 22.4 Å². The van der Waals surface area contributed by atoms with Gasteiger partial charge in [-0.25, -0.2) is 4.79 Å². The monoisotopic (exact) mass is 466 g/mol. The van der Waals surface area contributed by atoms with Gasteiger partial charge in [0.1, 0.15) is 5.69 Å². The summed E-state index contributed by atoms with van der Waals surface area (Å²) in [6.07, 6.45) is 0. The Bertz CT molecular complexity index is 1140. The van der Waals surface area contributed by atoms with E-state index in [1.165, 1.54) is 9.70 Å². The van der Waals surface area contributed by atoms with E-state index in [0.717, 1.165) is 17.2 Å². The van der Waals surface area contributed by atoms with Crippen molar-refractivity contribution in [3.63, 3.8) is 0 Å². The first-order valence-corrected chi connectivity index (χ1v) is 14.5. The third kappa shape index (κ3) is 6.14. The zero-order valence-corrected chi connectivity index (χ0v) is 20.7. The lowest BCUT2D eigenvalue weighted by molar-refractivity contribution is 0.0643. The van der Waals surface area contributed by atoms with Gasteiger partial charge < -0.3 is 14.7 Å². The van der Waals surface area contributed by atoms with Crippen LogP contribution < -0.4 is 0 Å². The fourth-order valence-corrected chi connectivity index (χ4v) is 4.00. The molecule has 1 aromatic heterocycles. The predicted octanol–water partition coefficient (Wildman–Crippen LogP) is 4.32. The average molecular weight is 467 g/mol. The van der Waals surface area contributed by atoms with E-state index >= 15 is 0 Å². The second kappa shape index (κ2) is 10.1. The Hall–Kier alpha value is -3.30. The van der Waals surface area contributed by atoms with Crippen LogP contribution in [0.25, 0.3) is 22.4 Å². The number of aromatic nitrogens is 3. The highest BCUT2D eigenvalue weighted by Gasteiger charge is 2.23. The molecule has 3 rings (SSSR count). The summed E-state index contributed by atoms with van der Waals surface area (Å²) in [5.74, 6) is -1.37. The third-order valence-electron chi connectivity index (χ3n) is 5.08. The molecule has 33 heavy (non-hydrogen) atoms. The van der Waals surface area contributed by atoms with Crippen molar-refractivity contribution < 1.29 is 19.4 Å². The van der Waals surface area contributed by atoms with Crippen molar-refractivity contribution in [3.05, 3.63) is 59.8 Å². The summed E-state index contributed by atoms with van der Waals surface area (Å²) in [7, 11) is 2.13. The molecule has 0 unspecified atom stereocenters. The molecule has 1 amide bonds. The summed E-state index contributed by atoms with van der Waals surface area (Å²) in [6, 6.07) is 15.8. The molecule has 0 aliphatic heterocycles. The van der Waals surface area contributed by atoms with Gasteiger partial charge in [-0.3, -0.25) is 4.79 Å². The molecule has 0 saturated carbocycles. The van der Waals surface area contributed by atoms with Crippen LogP contribution in [0.3, 0.4) is 0 Å². The number of benzene rings is 2. The Morgan fingerprint density at radius 1 is 1.03 bits per heavy atom. The number of carbonyl (C=O) groups excluding carboxylic acids is 1. The van der Waals surface area contributed by atoms with E-state index < -0.39 is 14.0 Å². The van der Waals surface area contributed by atoms with E-state index in [2.05, 4.69) is 29.8 Å². The highest BCUT2D eigenvalue weighted by atomic mass is 28.3. The summed E-state index contributed by atoms with van der Waals surface area (Å²) in [5.41, 5.74) is 2.64. The lowest BCUT2D eigenvalue weighted by Crippen LogP contribution is -2.22. The molecule has 0 aliphatic carbocycles. The van der Waals surface area contributed by atoms with Crippen molar-refractivity contribution in [2.75, 3.05) is 20.7 Å². The summed E-state index contributed by atoms with van der Waals surface area (Å²) in [5, 5.41) is 18.2. The normalized spacial score (nSPS) is 11.4. The minimum Gasteiger partial charge on any atom is -0.476 e. The Balaban J connectivity index is 1.98. The smallest absolute Gasteiger partial charge is 0.358 e. The fourth-order valence-electron chi connectivity index (χ4n) is 3.25. The molecule has 2 aromatic carbocycles. The average Bonchev–Trinajstić information content (AvgIpc) is 3.20. The Morgan fingerprint density at radius 3 is 2.33 bits per heavy atom. The Kier molecular flexibility index (Phi) is 7.45. The van der Waals surface area contributed by atoms with Gasteiger partial charge in [0.15, 0.2) is 12.4 Å². The predicted molar refractivity (Wildman–Crippen MR) is 130 cm³/mol. The van der Waals surface area contributed by atoms with E-state index in [4.69, 9.17) is 4.74 Å². The molecular weight excluding hydrogens is 436 g/mol. The molecule has 0 spiro atoms. The van der Waals surface area contributed by atoms with Crippen LogP contribution in [0.15, 0.2) is 48.5 Å². The number of aromatic carboxylic acids is 1. The van der Waals surface area contributed by atoms with Crippen LogP contribution in [-0.4, -0.2) is 65.7 Å². The maximum absolute atomic E-state index is 13.0. The largest absolute Gasteiger partial charge is 0.476 e. The van der Waals surface area contributed by atoms with Gasteiger partial charge in [-0.2, -0.15) is 9.90 Å². The molecule has 0 fully saturated rings. The van der Waals surface area contributed by atoms with E-state index in [1.54, 1.807) is 26.2 Å². The molecule has 0 aliphatic rings. The van der Waals surface area contributed by atoms with Gasteiger partial charge in [-0.15, -0.1) is 5.10 Å². The number of carboxylic acid groups (broad SMARTS) is 1. The number of hydrogen-bond donors (Lipinski definition) is 1. The molecular formula is C24H30N4O4Si. The summed E-state index contributed by atoms with van der Waals surface area (Å²) in [6.45, 7) is 7.41. The number of rotatable bonds is 9. The number of ether oxygens (including phenoxy) is 1. The molecule has 174 valence electrons. The van der Waals surface area contributed by atoms with E-state index in [1.807, 2.05) is 36.4 Å². The molecule has 1 N–H and O–H groups in total.